The van der Waals surface area contributed by atoms with Gasteiger partial charge in [-0.1, -0.05) is 25.7 Å². The van der Waals surface area contributed by atoms with E-state index in [1.54, 1.807) is 32.0 Å². The predicted octanol–water partition coefficient (Wildman–Crippen LogP) is 3.05. The first-order valence-corrected chi connectivity index (χ1v) is 12.2. The summed E-state index contributed by atoms with van der Waals surface area (Å²) in [6.07, 6.45) is 6.30. The van der Waals surface area contributed by atoms with Crippen molar-refractivity contribution in [3.05, 3.63) is 35.7 Å². The summed E-state index contributed by atoms with van der Waals surface area (Å²) in [5, 5.41) is 7.52. The maximum absolute atomic E-state index is 13.8. The average Bonchev–Trinajstić information content (AvgIpc) is 3.40. The van der Waals surface area contributed by atoms with E-state index in [4.69, 9.17) is 14.2 Å². The van der Waals surface area contributed by atoms with Gasteiger partial charge in [-0.25, -0.2) is 4.79 Å². The van der Waals surface area contributed by atoms with Gasteiger partial charge in [0, 0.05) is 23.9 Å². The Bertz CT molecular complexity index is 1150. The van der Waals surface area contributed by atoms with Crippen LogP contribution in [0.15, 0.2) is 24.3 Å². The summed E-state index contributed by atoms with van der Waals surface area (Å²) in [6.45, 7) is 3.81. The van der Waals surface area contributed by atoms with E-state index in [0.29, 0.717) is 17.2 Å². The van der Waals surface area contributed by atoms with Crippen molar-refractivity contribution in [3.8, 4) is 11.5 Å². The molecule has 3 aliphatic rings. The van der Waals surface area contributed by atoms with Gasteiger partial charge in [0.1, 0.15) is 11.2 Å². The molecule has 0 bridgehead atoms. The number of amides is 2. The fourth-order valence-electron chi connectivity index (χ4n) is 5.08. The third kappa shape index (κ3) is 4.21. The zero-order valence-corrected chi connectivity index (χ0v) is 20.0. The molecule has 1 N–H and O–H groups in total. The summed E-state index contributed by atoms with van der Waals surface area (Å²) >= 11 is 0. The molecule has 2 aliphatic heterocycles. The second-order valence-corrected chi connectivity index (χ2v) is 9.41. The Morgan fingerprint density at radius 1 is 1.14 bits per heavy atom. The third-order valence-corrected chi connectivity index (χ3v) is 6.93. The molecule has 1 saturated carbocycles. The van der Waals surface area contributed by atoms with Crippen molar-refractivity contribution in [3.63, 3.8) is 0 Å². The van der Waals surface area contributed by atoms with Crippen molar-refractivity contribution < 1.29 is 28.6 Å². The minimum absolute atomic E-state index is 0.0364. The van der Waals surface area contributed by atoms with Crippen LogP contribution in [0.5, 0.6) is 11.5 Å². The molecule has 0 saturated heterocycles. The zero-order chi connectivity index (χ0) is 24.6. The lowest BCUT2D eigenvalue weighted by Gasteiger charge is -2.43. The number of hydrogen-bond donors (Lipinski definition) is 1. The summed E-state index contributed by atoms with van der Waals surface area (Å²) in [5.74, 6) is -0.210. The maximum Gasteiger partial charge on any atom is 0.358 e. The molecule has 1 atom stereocenters. The SMILES string of the molecule is CCOC(=O)c1cc2n(n1)CC(C)(C(=O)NC1CCCCCC1)N(c1ccc3c(c1)OCO3)C2=O. The molecule has 10 nitrogen and oxygen atoms in total. The van der Waals surface area contributed by atoms with E-state index in [1.165, 1.54) is 28.5 Å². The Labute approximate surface area is 203 Å². The molecule has 1 unspecified atom stereocenters. The van der Waals surface area contributed by atoms with E-state index >= 15 is 0 Å². The molecular formula is C25H30N4O6. The van der Waals surface area contributed by atoms with Gasteiger partial charge in [-0.05, 0) is 38.8 Å². The van der Waals surface area contributed by atoms with E-state index in [2.05, 4.69) is 10.4 Å². The van der Waals surface area contributed by atoms with E-state index in [-0.39, 0.29) is 43.3 Å². The number of carbonyl (C=O) groups excluding carboxylic acids is 3. The highest BCUT2D eigenvalue weighted by Crippen LogP contribution is 2.40. The number of ether oxygens (including phenoxy) is 3. The van der Waals surface area contributed by atoms with Gasteiger partial charge >= 0.3 is 5.97 Å². The van der Waals surface area contributed by atoms with E-state index in [0.717, 1.165) is 25.7 Å². The molecule has 1 aromatic carbocycles. The van der Waals surface area contributed by atoms with Crippen LogP contribution in [0.25, 0.3) is 0 Å². The monoisotopic (exact) mass is 482 g/mol. The summed E-state index contributed by atoms with van der Waals surface area (Å²) in [7, 11) is 0. The van der Waals surface area contributed by atoms with Crippen molar-refractivity contribution in [1.29, 1.82) is 0 Å². The number of rotatable bonds is 5. The first-order valence-electron chi connectivity index (χ1n) is 12.2. The Hall–Kier alpha value is -3.56. The summed E-state index contributed by atoms with van der Waals surface area (Å²) in [5.41, 5.74) is -0.537. The van der Waals surface area contributed by atoms with Gasteiger partial charge in [-0.2, -0.15) is 5.10 Å². The van der Waals surface area contributed by atoms with Crippen molar-refractivity contribution >= 4 is 23.5 Å². The molecule has 3 heterocycles. The molecule has 35 heavy (non-hydrogen) atoms. The number of aromatic nitrogens is 2. The molecule has 2 amide bonds. The normalized spacial score (nSPS) is 21.9. The number of nitrogens with zero attached hydrogens (tertiary/aromatic N) is 3. The number of anilines is 1. The highest BCUT2D eigenvalue weighted by atomic mass is 16.7. The topological polar surface area (TPSA) is 112 Å². The first kappa shape index (κ1) is 23.2. The quantitative estimate of drug-likeness (QED) is 0.515. The molecule has 1 aromatic heterocycles. The molecule has 2 aromatic rings. The molecule has 0 spiro atoms. The molecular weight excluding hydrogens is 452 g/mol. The molecule has 10 heteroatoms. The highest BCUT2D eigenvalue weighted by molar-refractivity contribution is 6.12. The standard InChI is InChI=1S/C25H30N4O6/c1-3-33-23(31)18-13-19-22(30)29(17-10-11-20-21(12-17)35-15-34-20)25(2,14-28(19)27-18)24(32)26-16-8-6-4-5-7-9-16/h10-13,16H,3-9,14-15H2,1-2H3,(H,26,32). The number of esters is 1. The van der Waals surface area contributed by atoms with Gasteiger partial charge in [-0.15, -0.1) is 0 Å². The largest absolute Gasteiger partial charge is 0.461 e. The van der Waals surface area contributed by atoms with Gasteiger partial charge in [0.25, 0.3) is 5.91 Å². The van der Waals surface area contributed by atoms with Crippen LogP contribution in [0.4, 0.5) is 5.69 Å². The highest BCUT2D eigenvalue weighted by Gasteiger charge is 2.49. The lowest BCUT2D eigenvalue weighted by atomic mass is 9.93. The Morgan fingerprint density at radius 2 is 1.89 bits per heavy atom. The molecule has 1 fully saturated rings. The van der Waals surface area contributed by atoms with Gasteiger partial charge in [-0.3, -0.25) is 19.2 Å². The second-order valence-electron chi connectivity index (χ2n) is 9.41. The first-order chi connectivity index (χ1) is 16.9. The van der Waals surface area contributed by atoms with Crippen LogP contribution >= 0.6 is 0 Å². The van der Waals surface area contributed by atoms with Crippen LogP contribution in [0.3, 0.4) is 0 Å². The van der Waals surface area contributed by atoms with Crippen LogP contribution in [0.2, 0.25) is 0 Å². The van der Waals surface area contributed by atoms with E-state index < -0.39 is 17.4 Å². The molecule has 0 radical (unpaired) electrons. The predicted molar refractivity (Wildman–Crippen MR) is 126 cm³/mol. The third-order valence-electron chi connectivity index (χ3n) is 6.93. The average molecular weight is 483 g/mol. The summed E-state index contributed by atoms with van der Waals surface area (Å²) < 4.78 is 17.4. The van der Waals surface area contributed by atoms with Crippen LogP contribution in [-0.4, -0.2) is 52.5 Å². The zero-order valence-electron chi connectivity index (χ0n) is 20.0. The number of hydrogen-bond acceptors (Lipinski definition) is 7. The van der Waals surface area contributed by atoms with E-state index in [1.807, 2.05) is 0 Å². The number of carbonyl (C=O) groups is 3. The fraction of sp³-hybridized carbons (Fsp3) is 0.520. The lowest BCUT2D eigenvalue weighted by Crippen LogP contribution is -2.65. The Kier molecular flexibility index (Phi) is 6.12. The van der Waals surface area contributed by atoms with Gasteiger partial charge < -0.3 is 19.5 Å². The van der Waals surface area contributed by atoms with Crippen molar-refractivity contribution in [2.24, 2.45) is 0 Å². The van der Waals surface area contributed by atoms with Crippen molar-refractivity contribution in [1.82, 2.24) is 15.1 Å². The molecule has 1 aliphatic carbocycles. The summed E-state index contributed by atoms with van der Waals surface area (Å²) in [6, 6.07) is 6.65. The second kappa shape index (κ2) is 9.24. The molecule has 186 valence electrons. The minimum Gasteiger partial charge on any atom is -0.461 e. The fourth-order valence-corrected chi connectivity index (χ4v) is 5.08. The van der Waals surface area contributed by atoms with Crippen LogP contribution in [0.1, 0.15) is 73.3 Å². The Balaban J connectivity index is 1.53. The number of nitrogens with one attached hydrogen (secondary N) is 1. The number of benzene rings is 1. The van der Waals surface area contributed by atoms with Gasteiger partial charge in [0.05, 0.1) is 13.2 Å². The number of fused-ring (bicyclic) bond motifs is 2. The Morgan fingerprint density at radius 3 is 2.63 bits per heavy atom. The van der Waals surface area contributed by atoms with Crippen molar-refractivity contribution in [2.45, 2.75) is 70.5 Å². The summed E-state index contributed by atoms with van der Waals surface area (Å²) in [4.78, 5) is 41.4. The van der Waals surface area contributed by atoms with Gasteiger partial charge in [0.2, 0.25) is 12.7 Å². The van der Waals surface area contributed by atoms with Crippen LogP contribution in [0, 0.1) is 0 Å². The maximum atomic E-state index is 13.8. The van der Waals surface area contributed by atoms with Crippen LogP contribution < -0.4 is 19.7 Å². The van der Waals surface area contributed by atoms with E-state index in [9.17, 15) is 14.4 Å². The van der Waals surface area contributed by atoms with Crippen molar-refractivity contribution in [2.75, 3.05) is 18.3 Å². The molecule has 5 rings (SSSR count). The van der Waals surface area contributed by atoms with Gasteiger partial charge in [0.15, 0.2) is 17.2 Å². The lowest BCUT2D eigenvalue weighted by molar-refractivity contribution is -0.127. The van der Waals surface area contributed by atoms with Crippen LogP contribution in [-0.2, 0) is 16.1 Å². The smallest absolute Gasteiger partial charge is 0.358 e. The minimum atomic E-state index is -1.29.